The number of nitrogens with one attached hydrogen (secondary N) is 1. The number of hydrogen-bond donors (Lipinski definition) is 1. The van der Waals surface area contributed by atoms with E-state index in [4.69, 9.17) is 11.6 Å². The first-order chi connectivity index (χ1) is 13.4. The number of piperidine rings is 1. The first-order valence-corrected chi connectivity index (χ1v) is 11.2. The third kappa shape index (κ3) is 3.59. The highest BCUT2D eigenvalue weighted by Crippen LogP contribution is 2.28. The van der Waals surface area contributed by atoms with Crippen molar-refractivity contribution in [3.63, 3.8) is 0 Å². The molecule has 0 atom stereocenters. The third-order valence-electron chi connectivity index (χ3n) is 5.24. The lowest BCUT2D eigenvalue weighted by atomic mass is 9.94. The number of hydrogen-bond acceptors (Lipinski definition) is 4. The Labute approximate surface area is 168 Å². The quantitative estimate of drug-likeness (QED) is 0.703. The van der Waals surface area contributed by atoms with E-state index in [1.54, 1.807) is 19.1 Å². The lowest BCUT2D eigenvalue weighted by molar-refractivity contribution is 0.317. The molecule has 0 bridgehead atoms. The van der Waals surface area contributed by atoms with E-state index in [-0.39, 0.29) is 17.2 Å². The Morgan fingerprint density at radius 3 is 2.64 bits per heavy atom. The summed E-state index contributed by atoms with van der Waals surface area (Å²) < 4.78 is 27.0. The van der Waals surface area contributed by atoms with Crippen LogP contribution in [0.2, 0.25) is 5.02 Å². The van der Waals surface area contributed by atoms with Crippen LogP contribution in [0.4, 0.5) is 0 Å². The van der Waals surface area contributed by atoms with Gasteiger partial charge in [-0.2, -0.15) is 0 Å². The molecule has 3 heterocycles. The van der Waals surface area contributed by atoms with Gasteiger partial charge in [-0.05, 0) is 31.9 Å². The molecule has 7 nitrogen and oxygen atoms in total. The first kappa shape index (κ1) is 19.2. The van der Waals surface area contributed by atoms with Crippen molar-refractivity contribution in [3.8, 4) is 11.3 Å². The van der Waals surface area contributed by atoms with Gasteiger partial charge < -0.3 is 0 Å². The van der Waals surface area contributed by atoms with Crippen LogP contribution in [0.1, 0.15) is 31.4 Å². The lowest BCUT2D eigenvalue weighted by Gasteiger charge is -2.30. The maximum absolute atomic E-state index is 12.6. The molecule has 148 valence electrons. The Bertz CT molecular complexity index is 1180. The number of halogens is 1. The monoisotopic (exact) mass is 420 g/mol. The summed E-state index contributed by atoms with van der Waals surface area (Å²) in [6.45, 7) is 2.58. The van der Waals surface area contributed by atoms with E-state index in [2.05, 4.69) is 10.1 Å². The van der Waals surface area contributed by atoms with Gasteiger partial charge in [-0.3, -0.25) is 9.89 Å². The van der Waals surface area contributed by atoms with Crippen LogP contribution in [0, 0.1) is 0 Å². The summed E-state index contributed by atoms with van der Waals surface area (Å²) >= 11 is 6.06. The van der Waals surface area contributed by atoms with E-state index in [1.165, 1.54) is 8.82 Å². The molecule has 1 aliphatic heterocycles. The standard InChI is InChI=1S/C19H21ClN4O3S/c1-2-28(26,27)23-8-6-13(7-9-23)16-12-19(25)24-18(21-16)11-17(22-24)14-4-3-5-15(20)10-14/h3-5,10-13,22H,2,6-9H2,1H3. The molecular formula is C19H21ClN4O3S. The summed E-state index contributed by atoms with van der Waals surface area (Å²) in [7, 11) is -3.17. The second-order valence-corrected chi connectivity index (χ2v) is 9.66. The molecular weight excluding hydrogens is 400 g/mol. The minimum atomic E-state index is -3.17. The zero-order chi connectivity index (χ0) is 19.9. The molecule has 4 rings (SSSR count). The van der Waals surface area contributed by atoms with E-state index in [9.17, 15) is 13.2 Å². The fraction of sp³-hybridized carbons (Fsp3) is 0.368. The summed E-state index contributed by atoms with van der Waals surface area (Å²) in [4.78, 5) is 17.2. The average Bonchev–Trinajstić information content (AvgIpc) is 3.13. The molecule has 28 heavy (non-hydrogen) atoms. The van der Waals surface area contributed by atoms with Crippen molar-refractivity contribution in [3.05, 3.63) is 57.5 Å². The van der Waals surface area contributed by atoms with Gasteiger partial charge >= 0.3 is 0 Å². The largest absolute Gasteiger partial charge is 0.289 e. The number of fused-ring (bicyclic) bond motifs is 1. The number of aromatic nitrogens is 3. The Morgan fingerprint density at radius 2 is 1.96 bits per heavy atom. The Hall–Kier alpha value is -2.16. The number of H-pyrrole nitrogens is 1. The minimum Gasteiger partial charge on any atom is -0.289 e. The molecule has 3 aromatic rings. The molecule has 1 aliphatic rings. The summed E-state index contributed by atoms with van der Waals surface area (Å²) in [5.41, 5.74) is 2.71. The predicted octanol–water partition coefficient (Wildman–Crippen LogP) is 2.87. The molecule has 0 unspecified atom stereocenters. The summed E-state index contributed by atoms with van der Waals surface area (Å²) in [5, 5.41) is 3.68. The van der Waals surface area contributed by atoms with Crippen LogP contribution >= 0.6 is 11.6 Å². The number of nitrogens with zero attached hydrogens (tertiary/aromatic N) is 3. The van der Waals surface area contributed by atoms with Crippen molar-refractivity contribution in [1.82, 2.24) is 18.9 Å². The van der Waals surface area contributed by atoms with Crippen molar-refractivity contribution in [2.24, 2.45) is 0 Å². The fourth-order valence-electron chi connectivity index (χ4n) is 3.63. The van der Waals surface area contributed by atoms with Crippen LogP contribution in [-0.2, 0) is 10.0 Å². The van der Waals surface area contributed by atoms with Crippen molar-refractivity contribution in [1.29, 1.82) is 0 Å². The molecule has 0 spiro atoms. The average molecular weight is 421 g/mol. The smallest absolute Gasteiger partial charge is 0.272 e. The number of benzene rings is 1. The highest BCUT2D eigenvalue weighted by molar-refractivity contribution is 7.89. The highest BCUT2D eigenvalue weighted by Gasteiger charge is 2.28. The van der Waals surface area contributed by atoms with Gasteiger partial charge in [0.05, 0.1) is 17.1 Å². The van der Waals surface area contributed by atoms with Gasteiger partial charge in [-0.15, -0.1) is 0 Å². The predicted molar refractivity (Wildman–Crippen MR) is 109 cm³/mol. The first-order valence-electron chi connectivity index (χ1n) is 9.24. The zero-order valence-corrected chi connectivity index (χ0v) is 17.0. The summed E-state index contributed by atoms with van der Waals surface area (Å²) in [5.74, 6) is 0.185. The summed E-state index contributed by atoms with van der Waals surface area (Å²) in [6.07, 6.45) is 1.32. The molecule has 0 aliphatic carbocycles. The number of rotatable bonds is 4. The highest BCUT2D eigenvalue weighted by atomic mass is 35.5. The maximum Gasteiger partial charge on any atom is 0.272 e. The maximum atomic E-state index is 12.6. The van der Waals surface area contributed by atoms with E-state index < -0.39 is 10.0 Å². The Morgan fingerprint density at radius 1 is 1.21 bits per heavy atom. The second kappa shape index (κ2) is 7.35. The van der Waals surface area contributed by atoms with Crippen molar-refractivity contribution in [2.45, 2.75) is 25.7 Å². The fourth-order valence-corrected chi connectivity index (χ4v) is 4.96. The van der Waals surface area contributed by atoms with E-state index in [0.717, 1.165) is 17.0 Å². The minimum absolute atomic E-state index is 0.0746. The summed E-state index contributed by atoms with van der Waals surface area (Å²) in [6, 6.07) is 10.7. The van der Waals surface area contributed by atoms with Crippen LogP contribution in [0.3, 0.4) is 0 Å². The van der Waals surface area contributed by atoms with Crippen LogP contribution in [0.5, 0.6) is 0 Å². The molecule has 1 aromatic carbocycles. The van der Waals surface area contributed by atoms with Crippen molar-refractivity contribution < 1.29 is 8.42 Å². The van der Waals surface area contributed by atoms with E-state index in [1.807, 2.05) is 24.3 Å². The lowest BCUT2D eigenvalue weighted by Crippen LogP contribution is -2.39. The van der Waals surface area contributed by atoms with Gasteiger partial charge in [0.2, 0.25) is 10.0 Å². The number of aromatic amines is 1. The molecule has 0 radical (unpaired) electrons. The molecule has 9 heteroatoms. The van der Waals surface area contributed by atoms with E-state index in [0.29, 0.717) is 36.6 Å². The van der Waals surface area contributed by atoms with Gasteiger partial charge in [-0.1, -0.05) is 23.7 Å². The van der Waals surface area contributed by atoms with E-state index >= 15 is 0 Å². The van der Waals surface area contributed by atoms with Crippen LogP contribution < -0.4 is 5.56 Å². The van der Waals surface area contributed by atoms with Gasteiger partial charge in [0.1, 0.15) is 0 Å². The van der Waals surface area contributed by atoms with Gasteiger partial charge in [0.25, 0.3) is 5.56 Å². The van der Waals surface area contributed by atoms with Gasteiger partial charge in [0, 0.05) is 41.7 Å². The molecule has 0 saturated carbocycles. The second-order valence-electron chi connectivity index (χ2n) is 6.97. The Kier molecular flexibility index (Phi) is 5.03. The molecule has 1 N–H and O–H groups in total. The third-order valence-corrected chi connectivity index (χ3v) is 7.35. The Balaban J connectivity index is 1.62. The molecule has 0 amide bonds. The topological polar surface area (TPSA) is 87.5 Å². The van der Waals surface area contributed by atoms with Gasteiger partial charge in [-0.25, -0.2) is 22.2 Å². The van der Waals surface area contributed by atoms with Crippen molar-refractivity contribution in [2.75, 3.05) is 18.8 Å². The molecule has 1 fully saturated rings. The molecule has 2 aromatic heterocycles. The molecule has 1 saturated heterocycles. The van der Waals surface area contributed by atoms with Crippen LogP contribution in [-0.4, -0.2) is 46.2 Å². The zero-order valence-electron chi connectivity index (χ0n) is 15.4. The SMILES string of the molecule is CCS(=O)(=O)N1CCC(c2cc(=O)n3[nH]c(-c4cccc(Cl)c4)cc3n2)CC1. The number of sulfonamides is 1. The van der Waals surface area contributed by atoms with Gasteiger partial charge in [0.15, 0.2) is 5.65 Å². The van der Waals surface area contributed by atoms with Crippen LogP contribution in [0.25, 0.3) is 16.9 Å². The van der Waals surface area contributed by atoms with Crippen molar-refractivity contribution >= 4 is 27.3 Å². The normalized spacial score (nSPS) is 16.6. The van der Waals surface area contributed by atoms with Crippen LogP contribution in [0.15, 0.2) is 41.2 Å².